The quantitative estimate of drug-likeness (QED) is 0.579. The van der Waals surface area contributed by atoms with E-state index in [0.29, 0.717) is 18.6 Å². The highest BCUT2D eigenvalue weighted by molar-refractivity contribution is 7.89. The van der Waals surface area contributed by atoms with Gasteiger partial charge in [-0.3, -0.25) is 0 Å². The Bertz CT molecular complexity index is 413. The maximum absolute atomic E-state index is 11.6. The molecule has 6 nitrogen and oxygen atoms in total. The van der Waals surface area contributed by atoms with Crippen molar-refractivity contribution in [3.05, 3.63) is 17.9 Å². The molecule has 0 amide bonds. The molecule has 0 saturated heterocycles. The van der Waals surface area contributed by atoms with Gasteiger partial charge in [-0.25, -0.2) is 13.1 Å². The van der Waals surface area contributed by atoms with Gasteiger partial charge in [0.1, 0.15) is 5.76 Å². The zero-order valence-electron chi connectivity index (χ0n) is 8.85. The molecule has 4 N–H and O–H groups in total. The number of aliphatic hydroxyl groups is 1. The lowest BCUT2D eigenvalue weighted by atomic mass is 10.3. The number of hydrogen-bond donors (Lipinski definition) is 3. The molecular formula is C9H16N2O4S. The van der Waals surface area contributed by atoms with Crippen LogP contribution < -0.4 is 10.5 Å². The van der Waals surface area contributed by atoms with Crippen molar-refractivity contribution >= 4 is 10.0 Å². The van der Waals surface area contributed by atoms with Gasteiger partial charge in [0.2, 0.25) is 5.09 Å². The van der Waals surface area contributed by atoms with Crippen molar-refractivity contribution in [2.45, 2.75) is 24.5 Å². The van der Waals surface area contributed by atoms with Gasteiger partial charge in [0, 0.05) is 13.2 Å². The van der Waals surface area contributed by atoms with Gasteiger partial charge in [-0.15, -0.1) is 0 Å². The van der Waals surface area contributed by atoms with Crippen molar-refractivity contribution < 1.29 is 17.9 Å². The van der Waals surface area contributed by atoms with Crippen LogP contribution >= 0.6 is 0 Å². The largest absolute Gasteiger partial charge is 0.447 e. The first-order chi connectivity index (χ1) is 7.60. The number of unbranched alkanes of at least 4 members (excludes halogenated alkanes) is 1. The molecule has 0 aliphatic rings. The van der Waals surface area contributed by atoms with Crippen LogP contribution in [0.1, 0.15) is 18.6 Å². The van der Waals surface area contributed by atoms with E-state index in [-0.39, 0.29) is 24.8 Å². The molecule has 0 spiro atoms. The summed E-state index contributed by atoms with van der Waals surface area (Å²) < 4.78 is 30.6. The second-order valence-electron chi connectivity index (χ2n) is 3.25. The fourth-order valence-corrected chi connectivity index (χ4v) is 2.15. The lowest BCUT2D eigenvalue weighted by Crippen LogP contribution is -2.24. The molecule has 0 aromatic carbocycles. The van der Waals surface area contributed by atoms with E-state index in [1.165, 1.54) is 12.1 Å². The Labute approximate surface area is 94.5 Å². The van der Waals surface area contributed by atoms with E-state index < -0.39 is 10.0 Å². The van der Waals surface area contributed by atoms with Crippen LogP contribution in [-0.2, 0) is 16.6 Å². The molecule has 0 saturated carbocycles. The molecule has 7 heteroatoms. The lowest BCUT2D eigenvalue weighted by molar-refractivity contribution is 0.285. The summed E-state index contributed by atoms with van der Waals surface area (Å²) in [7, 11) is -3.58. The molecular weight excluding hydrogens is 232 g/mol. The molecule has 16 heavy (non-hydrogen) atoms. The van der Waals surface area contributed by atoms with E-state index in [9.17, 15) is 8.42 Å². The maximum atomic E-state index is 11.6. The first kappa shape index (κ1) is 13.2. The Balaban J connectivity index is 2.56. The number of nitrogens with one attached hydrogen (secondary N) is 1. The van der Waals surface area contributed by atoms with Crippen LogP contribution in [0.4, 0.5) is 0 Å². The van der Waals surface area contributed by atoms with Gasteiger partial charge in [-0.2, -0.15) is 0 Å². The Kier molecular flexibility index (Phi) is 4.94. The standard InChI is InChI=1S/C9H16N2O4S/c10-7-8-3-4-9(15-8)16(13,14)11-5-1-2-6-12/h3-4,11-12H,1-2,5-7,10H2. The minimum atomic E-state index is -3.58. The Morgan fingerprint density at radius 3 is 2.69 bits per heavy atom. The van der Waals surface area contributed by atoms with E-state index in [1.807, 2.05) is 0 Å². The van der Waals surface area contributed by atoms with Crippen LogP contribution in [0.15, 0.2) is 21.6 Å². The predicted molar refractivity (Wildman–Crippen MR) is 58.1 cm³/mol. The summed E-state index contributed by atoms with van der Waals surface area (Å²) in [5.74, 6) is 0.427. The zero-order valence-corrected chi connectivity index (χ0v) is 9.66. The van der Waals surface area contributed by atoms with Gasteiger partial charge < -0.3 is 15.3 Å². The minimum Gasteiger partial charge on any atom is -0.447 e. The Morgan fingerprint density at radius 1 is 1.38 bits per heavy atom. The molecule has 0 bridgehead atoms. The number of sulfonamides is 1. The van der Waals surface area contributed by atoms with Crippen molar-refractivity contribution in [3.63, 3.8) is 0 Å². The van der Waals surface area contributed by atoms with Gasteiger partial charge >= 0.3 is 0 Å². The molecule has 0 unspecified atom stereocenters. The van der Waals surface area contributed by atoms with Crippen LogP contribution in [0.25, 0.3) is 0 Å². The Morgan fingerprint density at radius 2 is 2.12 bits per heavy atom. The number of aliphatic hydroxyl groups excluding tert-OH is 1. The first-order valence-electron chi connectivity index (χ1n) is 4.99. The summed E-state index contributed by atoms with van der Waals surface area (Å²) in [5.41, 5.74) is 5.31. The zero-order chi connectivity index (χ0) is 12.0. The monoisotopic (exact) mass is 248 g/mol. The molecule has 1 aromatic rings. The summed E-state index contributed by atoms with van der Waals surface area (Å²) in [6.45, 7) is 0.501. The lowest BCUT2D eigenvalue weighted by Gasteiger charge is -2.02. The van der Waals surface area contributed by atoms with Crippen LogP contribution in [-0.4, -0.2) is 26.7 Å². The summed E-state index contributed by atoms with van der Waals surface area (Å²) in [4.78, 5) is 0. The fourth-order valence-electron chi connectivity index (χ4n) is 1.13. The average molecular weight is 248 g/mol. The SMILES string of the molecule is NCc1ccc(S(=O)(=O)NCCCCO)o1. The third-order valence-electron chi connectivity index (χ3n) is 1.98. The van der Waals surface area contributed by atoms with Gasteiger partial charge in [0.15, 0.2) is 0 Å². The third-order valence-corrected chi connectivity index (χ3v) is 3.31. The van der Waals surface area contributed by atoms with E-state index in [4.69, 9.17) is 15.3 Å². The molecule has 0 aliphatic heterocycles. The first-order valence-corrected chi connectivity index (χ1v) is 6.48. The van der Waals surface area contributed by atoms with E-state index in [0.717, 1.165) is 0 Å². The van der Waals surface area contributed by atoms with Crippen LogP contribution in [0.2, 0.25) is 0 Å². The fraction of sp³-hybridized carbons (Fsp3) is 0.556. The highest BCUT2D eigenvalue weighted by atomic mass is 32.2. The molecule has 92 valence electrons. The second-order valence-corrected chi connectivity index (χ2v) is 4.95. The van der Waals surface area contributed by atoms with Gasteiger partial charge in [0.25, 0.3) is 10.0 Å². The third kappa shape index (κ3) is 3.60. The van der Waals surface area contributed by atoms with Crippen molar-refractivity contribution in [1.82, 2.24) is 4.72 Å². The number of nitrogens with two attached hydrogens (primary N) is 1. The summed E-state index contributed by atoms with van der Waals surface area (Å²) in [5, 5.41) is 8.41. The van der Waals surface area contributed by atoms with Crippen LogP contribution in [0.5, 0.6) is 0 Å². The molecule has 1 heterocycles. The number of rotatable bonds is 7. The van der Waals surface area contributed by atoms with Gasteiger partial charge in [-0.1, -0.05) is 0 Å². The number of hydrogen-bond acceptors (Lipinski definition) is 5. The minimum absolute atomic E-state index is 0.0554. The molecule has 0 atom stereocenters. The topological polar surface area (TPSA) is 106 Å². The molecule has 1 rings (SSSR count). The summed E-state index contributed by atoms with van der Waals surface area (Å²) in [6.07, 6.45) is 1.15. The predicted octanol–water partition coefficient (Wildman–Crippen LogP) is -0.211. The smallest absolute Gasteiger partial charge is 0.273 e. The molecule has 0 radical (unpaired) electrons. The summed E-state index contributed by atoms with van der Waals surface area (Å²) >= 11 is 0. The van der Waals surface area contributed by atoms with Crippen molar-refractivity contribution in [1.29, 1.82) is 0 Å². The molecule has 0 fully saturated rings. The van der Waals surface area contributed by atoms with Gasteiger partial charge in [-0.05, 0) is 25.0 Å². The maximum Gasteiger partial charge on any atom is 0.273 e. The number of furan rings is 1. The Hall–Kier alpha value is -0.890. The molecule has 0 aliphatic carbocycles. The summed E-state index contributed by atoms with van der Waals surface area (Å²) in [6, 6.07) is 2.90. The highest BCUT2D eigenvalue weighted by Gasteiger charge is 2.17. The van der Waals surface area contributed by atoms with E-state index in [2.05, 4.69) is 4.72 Å². The van der Waals surface area contributed by atoms with Crippen molar-refractivity contribution in [2.24, 2.45) is 5.73 Å². The average Bonchev–Trinajstić information content (AvgIpc) is 2.73. The van der Waals surface area contributed by atoms with Crippen molar-refractivity contribution in [2.75, 3.05) is 13.2 Å². The van der Waals surface area contributed by atoms with Crippen LogP contribution in [0.3, 0.4) is 0 Å². The van der Waals surface area contributed by atoms with E-state index in [1.54, 1.807) is 0 Å². The van der Waals surface area contributed by atoms with Gasteiger partial charge in [0.05, 0.1) is 6.54 Å². The van der Waals surface area contributed by atoms with Crippen LogP contribution in [0, 0.1) is 0 Å². The molecule has 1 aromatic heterocycles. The van der Waals surface area contributed by atoms with Crippen molar-refractivity contribution in [3.8, 4) is 0 Å². The highest BCUT2D eigenvalue weighted by Crippen LogP contribution is 2.12. The normalized spacial score (nSPS) is 11.9. The van der Waals surface area contributed by atoms with E-state index >= 15 is 0 Å². The second kappa shape index (κ2) is 6.00.